The Morgan fingerprint density at radius 2 is 2.14 bits per heavy atom. The second kappa shape index (κ2) is 8.38. The van der Waals surface area contributed by atoms with Crippen LogP contribution in [0.5, 0.6) is 0 Å². The van der Waals surface area contributed by atoms with Gasteiger partial charge in [0.1, 0.15) is 5.82 Å². The van der Waals surface area contributed by atoms with E-state index in [2.05, 4.69) is 15.0 Å². The molecule has 1 N–H and O–H groups in total. The number of aliphatic hydroxyl groups excluding tert-OH is 1. The van der Waals surface area contributed by atoms with Crippen molar-refractivity contribution in [3.63, 3.8) is 0 Å². The number of β-amino-alcohol motifs (C(OH)–C–C–N with tert-alkyl or cyclic N) is 1. The van der Waals surface area contributed by atoms with E-state index in [0.717, 1.165) is 31.5 Å². The van der Waals surface area contributed by atoms with Crippen LogP contribution in [0.2, 0.25) is 5.02 Å². The molecule has 2 atom stereocenters. The van der Waals surface area contributed by atoms with Crippen LogP contribution in [0.4, 0.5) is 4.39 Å². The zero-order chi connectivity index (χ0) is 20.5. The topological polar surface area (TPSA) is 82.7 Å². The standard InChI is InChI=1S/C20H24ClFN4O3/c1-12(27)25-6-4-15(5-7-25)26-11-16(28)10-18(26)20-23-19(24-29-20)8-13-2-3-14(22)9-17(13)21/h2-3,9,15-16,18,28H,4-8,10-11H2,1H3/t16-,18+/m1/s1. The number of rotatable bonds is 4. The van der Waals surface area contributed by atoms with Gasteiger partial charge in [-0.3, -0.25) is 9.69 Å². The van der Waals surface area contributed by atoms with E-state index in [-0.39, 0.29) is 23.8 Å². The summed E-state index contributed by atoms with van der Waals surface area (Å²) in [7, 11) is 0. The Labute approximate surface area is 173 Å². The van der Waals surface area contributed by atoms with Gasteiger partial charge in [-0.2, -0.15) is 4.98 Å². The molecule has 0 radical (unpaired) electrons. The molecule has 0 spiro atoms. The van der Waals surface area contributed by atoms with Crippen LogP contribution < -0.4 is 0 Å². The fraction of sp³-hybridized carbons (Fsp3) is 0.550. The number of benzene rings is 1. The molecule has 156 valence electrons. The maximum atomic E-state index is 13.2. The van der Waals surface area contributed by atoms with E-state index in [4.69, 9.17) is 16.1 Å². The van der Waals surface area contributed by atoms with Gasteiger partial charge >= 0.3 is 0 Å². The van der Waals surface area contributed by atoms with Crippen molar-refractivity contribution in [2.75, 3.05) is 19.6 Å². The lowest BCUT2D eigenvalue weighted by Crippen LogP contribution is -2.46. The number of hydrogen-bond acceptors (Lipinski definition) is 6. The molecular weight excluding hydrogens is 399 g/mol. The summed E-state index contributed by atoms with van der Waals surface area (Å²) in [5.41, 5.74) is 0.723. The first kappa shape index (κ1) is 20.3. The number of carbonyl (C=O) groups is 1. The lowest BCUT2D eigenvalue weighted by atomic mass is 10.0. The van der Waals surface area contributed by atoms with Crippen LogP contribution >= 0.6 is 11.6 Å². The molecule has 4 rings (SSSR count). The summed E-state index contributed by atoms with van der Waals surface area (Å²) >= 11 is 6.10. The third-order valence-electron chi connectivity index (χ3n) is 5.83. The van der Waals surface area contributed by atoms with Crippen LogP contribution in [-0.4, -0.2) is 62.7 Å². The summed E-state index contributed by atoms with van der Waals surface area (Å²) in [5, 5.41) is 14.6. The molecular formula is C20H24ClFN4O3. The summed E-state index contributed by atoms with van der Waals surface area (Å²) in [6.07, 6.45) is 2.14. The Kier molecular flexibility index (Phi) is 5.85. The number of piperidine rings is 1. The lowest BCUT2D eigenvalue weighted by Gasteiger charge is -2.38. The van der Waals surface area contributed by atoms with Gasteiger partial charge < -0.3 is 14.5 Å². The summed E-state index contributed by atoms with van der Waals surface area (Å²) in [6, 6.07) is 4.34. The second-order valence-corrected chi connectivity index (χ2v) is 8.21. The molecule has 2 aliphatic rings. The summed E-state index contributed by atoms with van der Waals surface area (Å²) in [5.74, 6) is 0.659. The molecule has 9 heteroatoms. The van der Waals surface area contributed by atoms with Crippen molar-refractivity contribution in [1.29, 1.82) is 0 Å². The number of nitrogens with zero attached hydrogens (tertiary/aromatic N) is 4. The molecule has 0 aliphatic carbocycles. The van der Waals surface area contributed by atoms with Crippen LogP contribution in [-0.2, 0) is 11.2 Å². The lowest BCUT2D eigenvalue weighted by molar-refractivity contribution is -0.130. The van der Waals surface area contributed by atoms with Gasteiger partial charge in [-0.25, -0.2) is 4.39 Å². The van der Waals surface area contributed by atoms with Crippen molar-refractivity contribution < 1.29 is 18.8 Å². The van der Waals surface area contributed by atoms with Crippen molar-refractivity contribution in [2.24, 2.45) is 0 Å². The average molecular weight is 423 g/mol. The Morgan fingerprint density at radius 1 is 1.38 bits per heavy atom. The Hall–Kier alpha value is -2.03. The number of likely N-dealkylation sites (tertiary alicyclic amines) is 2. The van der Waals surface area contributed by atoms with Gasteiger partial charge in [0, 0.05) is 44.0 Å². The van der Waals surface area contributed by atoms with Gasteiger partial charge in [-0.15, -0.1) is 0 Å². The minimum absolute atomic E-state index is 0.0995. The highest BCUT2D eigenvalue weighted by atomic mass is 35.5. The number of aliphatic hydroxyl groups is 1. The number of amides is 1. The van der Waals surface area contributed by atoms with E-state index in [0.29, 0.717) is 36.1 Å². The van der Waals surface area contributed by atoms with Gasteiger partial charge in [-0.1, -0.05) is 22.8 Å². The van der Waals surface area contributed by atoms with Gasteiger partial charge in [0.15, 0.2) is 5.82 Å². The maximum absolute atomic E-state index is 13.2. The number of hydrogen-bond donors (Lipinski definition) is 1. The quantitative estimate of drug-likeness (QED) is 0.815. The predicted octanol–water partition coefficient (Wildman–Crippen LogP) is 2.57. The van der Waals surface area contributed by atoms with Gasteiger partial charge in [0.05, 0.1) is 12.1 Å². The average Bonchev–Trinajstić information content (AvgIpc) is 3.30. The fourth-order valence-corrected chi connectivity index (χ4v) is 4.54. The van der Waals surface area contributed by atoms with E-state index >= 15 is 0 Å². The van der Waals surface area contributed by atoms with E-state index in [9.17, 15) is 14.3 Å². The first-order valence-electron chi connectivity index (χ1n) is 9.86. The van der Waals surface area contributed by atoms with Crippen LogP contribution in [0, 0.1) is 5.82 Å². The molecule has 2 aliphatic heterocycles. The van der Waals surface area contributed by atoms with Crippen molar-refractivity contribution in [3.8, 4) is 0 Å². The minimum Gasteiger partial charge on any atom is -0.392 e. The highest BCUT2D eigenvalue weighted by Gasteiger charge is 2.40. The van der Waals surface area contributed by atoms with Crippen molar-refractivity contribution in [2.45, 2.75) is 50.8 Å². The Morgan fingerprint density at radius 3 is 2.83 bits per heavy atom. The smallest absolute Gasteiger partial charge is 0.244 e. The predicted molar refractivity (Wildman–Crippen MR) is 104 cm³/mol. The molecule has 3 heterocycles. The Balaban J connectivity index is 1.46. The van der Waals surface area contributed by atoms with Crippen LogP contribution in [0.3, 0.4) is 0 Å². The zero-order valence-corrected chi connectivity index (χ0v) is 17.0. The van der Waals surface area contributed by atoms with Crippen LogP contribution in [0.25, 0.3) is 0 Å². The number of halogens is 2. The summed E-state index contributed by atoms with van der Waals surface area (Å²) < 4.78 is 18.8. The van der Waals surface area contributed by atoms with Crippen molar-refractivity contribution in [3.05, 3.63) is 46.3 Å². The van der Waals surface area contributed by atoms with Gasteiger partial charge in [0.25, 0.3) is 0 Å². The van der Waals surface area contributed by atoms with E-state index < -0.39 is 6.10 Å². The largest absolute Gasteiger partial charge is 0.392 e. The third kappa shape index (κ3) is 4.44. The molecule has 0 unspecified atom stereocenters. The molecule has 1 aromatic carbocycles. The maximum Gasteiger partial charge on any atom is 0.244 e. The van der Waals surface area contributed by atoms with Crippen molar-refractivity contribution >= 4 is 17.5 Å². The molecule has 2 saturated heterocycles. The number of carbonyl (C=O) groups excluding carboxylic acids is 1. The van der Waals surface area contributed by atoms with Gasteiger partial charge in [0.2, 0.25) is 11.8 Å². The monoisotopic (exact) mass is 422 g/mol. The highest BCUT2D eigenvalue weighted by Crippen LogP contribution is 2.36. The third-order valence-corrected chi connectivity index (χ3v) is 6.18. The normalized spacial score (nSPS) is 23.7. The first-order chi connectivity index (χ1) is 13.9. The molecule has 2 fully saturated rings. The molecule has 1 aromatic heterocycles. The first-order valence-corrected chi connectivity index (χ1v) is 10.2. The highest BCUT2D eigenvalue weighted by molar-refractivity contribution is 6.31. The van der Waals surface area contributed by atoms with Crippen molar-refractivity contribution in [1.82, 2.24) is 19.9 Å². The Bertz CT molecular complexity index is 884. The molecule has 1 amide bonds. The fourth-order valence-electron chi connectivity index (χ4n) is 4.31. The van der Waals surface area contributed by atoms with Gasteiger partial charge in [-0.05, 0) is 37.0 Å². The van der Waals surface area contributed by atoms with Crippen LogP contribution in [0.1, 0.15) is 49.5 Å². The number of aromatic nitrogens is 2. The summed E-state index contributed by atoms with van der Waals surface area (Å²) in [6.45, 7) is 3.59. The minimum atomic E-state index is -0.451. The van der Waals surface area contributed by atoms with E-state index in [1.807, 2.05) is 4.90 Å². The molecule has 2 aromatic rings. The SMILES string of the molecule is CC(=O)N1CCC(N2C[C@H](O)C[C@H]2c2nc(Cc3ccc(F)cc3Cl)no2)CC1. The molecule has 7 nitrogen and oxygen atoms in total. The van der Waals surface area contributed by atoms with Crippen LogP contribution in [0.15, 0.2) is 22.7 Å². The zero-order valence-electron chi connectivity index (χ0n) is 16.2. The van der Waals surface area contributed by atoms with E-state index in [1.165, 1.54) is 12.1 Å². The molecule has 0 bridgehead atoms. The van der Waals surface area contributed by atoms with E-state index in [1.54, 1.807) is 13.0 Å². The molecule has 29 heavy (non-hydrogen) atoms. The summed E-state index contributed by atoms with van der Waals surface area (Å²) in [4.78, 5) is 20.2. The molecule has 0 saturated carbocycles. The second-order valence-electron chi connectivity index (χ2n) is 7.80.